The highest BCUT2D eigenvalue weighted by atomic mass is 16.7. The molecule has 4 heterocycles. The molecule has 8 rings (SSSR count). The number of aromatic hydroxyl groups is 2. The van der Waals surface area contributed by atoms with Gasteiger partial charge in [-0.3, -0.25) is 38.6 Å². The second kappa shape index (κ2) is 15.7. The first kappa shape index (κ1) is 40.5. The van der Waals surface area contributed by atoms with Crippen molar-refractivity contribution in [1.82, 2.24) is 20.4 Å². The van der Waals surface area contributed by atoms with Crippen LogP contribution in [0.25, 0.3) is 0 Å². The van der Waals surface area contributed by atoms with Gasteiger partial charge in [0.05, 0.1) is 42.6 Å². The van der Waals surface area contributed by atoms with Crippen molar-refractivity contribution in [3.05, 3.63) is 63.7 Å². The zero-order chi connectivity index (χ0) is 41.9. The van der Waals surface area contributed by atoms with E-state index in [0.717, 1.165) is 17.1 Å². The third-order valence-corrected chi connectivity index (χ3v) is 11.8. The fourth-order valence-corrected chi connectivity index (χ4v) is 9.00. The molecular formula is C40H44N4O15. The Morgan fingerprint density at radius 2 is 1.69 bits per heavy atom. The number of nitrogens with zero attached hydrogens (tertiary/aromatic N) is 2. The van der Waals surface area contributed by atoms with Gasteiger partial charge < -0.3 is 54.4 Å². The molecule has 3 fully saturated rings. The average Bonchev–Trinajstić information content (AvgIpc) is 3.76. The summed E-state index contributed by atoms with van der Waals surface area (Å²) in [6.07, 6.45) is -3.21. The summed E-state index contributed by atoms with van der Waals surface area (Å²) in [5.74, 6) is -5.29. The standard InChI is InChI=1S/C40H44N4O15/c1-18-36-21(43-13-14-56-38(55-3)37(43)59-36)15-27(57-18)58-23-17-40(53,39(52)42-11-10-41-24(45)9-12-44-25(46)7-8-26(44)47)16-20-29(23)35(51)31-30(33(20)49)32(48)19-5-4-6-22(54-2)28(19)34(31)50/h4-8,18,21,23,27,36-38,49,51,53H,9-17H2,1-3H3,(H,41,45)(H,42,52)/t18-,21-,23-,27-,36+,37+,38-,40-/m0/s1. The number of methoxy groups -OCH3 is 2. The van der Waals surface area contributed by atoms with Gasteiger partial charge in [0.15, 0.2) is 24.6 Å². The van der Waals surface area contributed by atoms with Gasteiger partial charge in [0, 0.05) is 93.9 Å². The van der Waals surface area contributed by atoms with Crippen LogP contribution in [0, 0.1) is 0 Å². The van der Waals surface area contributed by atoms with Crippen LogP contribution in [0.4, 0.5) is 0 Å². The SMILES string of the molecule is COc1cccc2c1C(=O)c1c(O)c3c(c(O)c1C2=O)C[C@@](O)(C(=O)NCCNC(=O)CCN1C(=O)C=CC1=O)C[C@@H]3O[C@H]1C[C@H]2[C@H](O[C@@H]3[C@@H](OC)OCCN32)[C@H](C)O1. The van der Waals surface area contributed by atoms with E-state index in [2.05, 4.69) is 15.5 Å². The summed E-state index contributed by atoms with van der Waals surface area (Å²) in [4.78, 5) is 81.0. The van der Waals surface area contributed by atoms with Crippen LogP contribution >= 0.6 is 0 Å². The fourth-order valence-electron chi connectivity index (χ4n) is 9.00. The average molecular weight is 821 g/mol. The number of phenols is 2. The lowest BCUT2D eigenvalue weighted by molar-refractivity contribution is -0.256. The van der Waals surface area contributed by atoms with Crippen molar-refractivity contribution >= 4 is 35.2 Å². The lowest BCUT2D eigenvalue weighted by atomic mass is 9.72. The predicted molar refractivity (Wildman–Crippen MR) is 198 cm³/mol. The lowest BCUT2D eigenvalue weighted by Gasteiger charge is -2.43. The van der Waals surface area contributed by atoms with Gasteiger partial charge in [0.25, 0.3) is 17.7 Å². The minimum atomic E-state index is -2.31. The quantitative estimate of drug-likeness (QED) is 0.0946. The topological polar surface area (TPSA) is 249 Å². The highest BCUT2D eigenvalue weighted by Gasteiger charge is 2.55. The molecule has 0 saturated carbocycles. The normalized spacial score (nSPS) is 29.7. The van der Waals surface area contributed by atoms with Crippen LogP contribution < -0.4 is 15.4 Å². The summed E-state index contributed by atoms with van der Waals surface area (Å²) in [5.41, 5.74) is -3.72. The van der Waals surface area contributed by atoms with Crippen molar-refractivity contribution in [2.24, 2.45) is 0 Å². The van der Waals surface area contributed by atoms with E-state index in [-0.39, 0.29) is 72.6 Å². The first-order valence-electron chi connectivity index (χ1n) is 19.3. The van der Waals surface area contributed by atoms with E-state index >= 15 is 0 Å². The van der Waals surface area contributed by atoms with Crippen LogP contribution in [0.1, 0.15) is 75.3 Å². The molecule has 3 saturated heterocycles. The molecule has 4 amide bonds. The number of imide groups is 1. The number of nitrogens with one attached hydrogen (secondary N) is 2. The highest BCUT2D eigenvalue weighted by Crippen LogP contribution is 2.53. The molecule has 0 unspecified atom stereocenters. The van der Waals surface area contributed by atoms with Gasteiger partial charge in [0.2, 0.25) is 11.7 Å². The van der Waals surface area contributed by atoms with E-state index in [4.69, 9.17) is 28.4 Å². The van der Waals surface area contributed by atoms with Crippen molar-refractivity contribution in [1.29, 1.82) is 0 Å². The lowest BCUT2D eigenvalue weighted by Crippen LogP contribution is -2.55. The van der Waals surface area contributed by atoms with Gasteiger partial charge in [-0.1, -0.05) is 12.1 Å². The molecule has 6 aliphatic rings. The Hall–Kier alpha value is -5.28. The molecule has 0 spiro atoms. The molecule has 19 nitrogen and oxygen atoms in total. The summed E-state index contributed by atoms with van der Waals surface area (Å²) in [6, 6.07) is 4.17. The van der Waals surface area contributed by atoms with Gasteiger partial charge in [-0.25, -0.2) is 0 Å². The number of benzene rings is 2. The van der Waals surface area contributed by atoms with E-state index in [1.54, 1.807) is 0 Å². The van der Waals surface area contributed by atoms with E-state index < -0.39 is 107 Å². The number of hydrogen-bond donors (Lipinski definition) is 5. The maximum absolute atomic E-state index is 14.1. The Kier molecular flexibility index (Phi) is 10.8. The van der Waals surface area contributed by atoms with Crippen LogP contribution in [0.3, 0.4) is 0 Å². The molecule has 8 atom stereocenters. The van der Waals surface area contributed by atoms with Crippen molar-refractivity contribution in [2.45, 2.75) is 81.4 Å². The molecule has 2 aromatic carbocycles. The number of carbonyl (C=O) groups excluding carboxylic acids is 6. The first-order chi connectivity index (χ1) is 28.3. The van der Waals surface area contributed by atoms with Crippen LogP contribution in [0.15, 0.2) is 30.4 Å². The third kappa shape index (κ3) is 6.95. The van der Waals surface area contributed by atoms with Crippen LogP contribution in [0.2, 0.25) is 0 Å². The van der Waals surface area contributed by atoms with E-state index in [1.807, 2.05) is 6.92 Å². The number of aliphatic hydroxyl groups is 1. The molecule has 5 N–H and O–H groups in total. The highest BCUT2D eigenvalue weighted by molar-refractivity contribution is 6.31. The zero-order valence-corrected chi connectivity index (χ0v) is 32.4. The summed E-state index contributed by atoms with van der Waals surface area (Å²) < 4.78 is 35.8. The maximum atomic E-state index is 14.1. The molecule has 19 heteroatoms. The number of ketones is 2. The monoisotopic (exact) mass is 820 g/mol. The Balaban J connectivity index is 1.06. The number of amides is 4. The molecule has 59 heavy (non-hydrogen) atoms. The minimum Gasteiger partial charge on any atom is -0.507 e. The third-order valence-electron chi connectivity index (χ3n) is 11.8. The number of morpholine rings is 1. The van der Waals surface area contributed by atoms with Crippen molar-refractivity contribution in [3.63, 3.8) is 0 Å². The van der Waals surface area contributed by atoms with E-state index in [9.17, 15) is 44.1 Å². The van der Waals surface area contributed by atoms with Crippen molar-refractivity contribution in [2.75, 3.05) is 47.0 Å². The van der Waals surface area contributed by atoms with Crippen molar-refractivity contribution in [3.8, 4) is 17.2 Å². The molecule has 2 aromatic rings. The zero-order valence-electron chi connectivity index (χ0n) is 32.4. The smallest absolute Gasteiger partial charge is 0.253 e. The van der Waals surface area contributed by atoms with Crippen molar-refractivity contribution < 1.29 is 72.5 Å². The van der Waals surface area contributed by atoms with Crippen LogP contribution in [-0.2, 0) is 49.3 Å². The van der Waals surface area contributed by atoms with Gasteiger partial charge >= 0.3 is 0 Å². The van der Waals surface area contributed by atoms with Gasteiger partial charge in [-0.15, -0.1) is 0 Å². The first-order valence-corrected chi connectivity index (χ1v) is 19.3. The number of hydrogen-bond acceptors (Lipinski definition) is 16. The number of rotatable bonds is 11. The van der Waals surface area contributed by atoms with Crippen LogP contribution in [-0.4, -0.2) is 150 Å². The molecule has 0 aromatic heterocycles. The number of fused-ring (bicyclic) bond motifs is 6. The maximum Gasteiger partial charge on any atom is 0.253 e. The fraction of sp³-hybridized carbons (Fsp3) is 0.500. The summed E-state index contributed by atoms with van der Waals surface area (Å²) >= 11 is 0. The predicted octanol–water partition coefficient (Wildman–Crippen LogP) is -0.303. The Labute approximate surface area is 337 Å². The Bertz CT molecular complexity index is 2140. The minimum absolute atomic E-state index is 0.0690. The van der Waals surface area contributed by atoms with E-state index in [1.165, 1.54) is 32.4 Å². The van der Waals surface area contributed by atoms with Gasteiger partial charge in [-0.05, 0) is 13.0 Å². The Morgan fingerprint density at radius 1 is 0.966 bits per heavy atom. The van der Waals surface area contributed by atoms with Crippen LogP contribution in [0.5, 0.6) is 17.2 Å². The second-order valence-corrected chi connectivity index (χ2v) is 15.2. The second-order valence-electron chi connectivity index (χ2n) is 15.2. The number of phenolic OH excluding ortho intramolecular Hbond substituents is 2. The summed E-state index contributed by atoms with van der Waals surface area (Å²) in [7, 11) is 2.85. The molecule has 0 radical (unpaired) electrons. The summed E-state index contributed by atoms with van der Waals surface area (Å²) in [6.45, 7) is 2.37. The molecule has 2 aliphatic carbocycles. The largest absolute Gasteiger partial charge is 0.507 e. The Morgan fingerprint density at radius 3 is 2.42 bits per heavy atom. The molecule has 0 bridgehead atoms. The molecule has 4 aliphatic heterocycles. The number of ether oxygens (including phenoxy) is 6. The van der Waals surface area contributed by atoms with Gasteiger partial charge in [-0.2, -0.15) is 0 Å². The number of carbonyl (C=O) groups is 6. The molecular weight excluding hydrogens is 776 g/mol. The van der Waals surface area contributed by atoms with Gasteiger partial charge in [0.1, 0.15) is 29.0 Å². The summed E-state index contributed by atoms with van der Waals surface area (Å²) in [5, 5.41) is 41.2. The molecule has 314 valence electrons. The van der Waals surface area contributed by atoms with E-state index in [0.29, 0.717) is 13.2 Å².